The monoisotopic (exact) mass is 502 g/mol. The van der Waals surface area contributed by atoms with Crippen LogP contribution in [-0.4, -0.2) is 68.3 Å². The van der Waals surface area contributed by atoms with Crippen LogP contribution in [0.3, 0.4) is 0 Å². The fourth-order valence-corrected chi connectivity index (χ4v) is 6.07. The zero-order chi connectivity index (χ0) is 25.9. The molecular formula is C28H34N6O3. The van der Waals surface area contributed by atoms with Crippen molar-refractivity contribution in [3.05, 3.63) is 64.3 Å². The summed E-state index contributed by atoms with van der Waals surface area (Å²) in [7, 11) is 1.83. The first-order chi connectivity index (χ1) is 17.7. The lowest BCUT2D eigenvalue weighted by atomic mass is 9.88. The number of aromatic nitrogens is 3. The number of piperazine rings is 1. The van der Waals surface area contributed by atoms with E-state index < -0.39 is 0 Å². The molecule has 37 heavy (non-hydrogen) atoms. The topological polar surface area (TPSA) is 90.6 Å². The van der Waals surface area contributed by atoms with Crippen molar-refractivity contribution in [2.45, 2.75) is 51.9 Å². The molecule has 0 spiro atoms. The van der Waals surface area contributed by atoms with Crippen LogP contribution >= 0.6 is 0 Å². The lowest BCUT2D eigenvalue weighted by molar-refractivity contribution is -0.0251. The number of nitrogens with zero attached hydrogens (tertiary/aromatic N) is 5. The van der Waals surface area contributed by atoms with Gasteiger partial charge in [0.1, 0.15) is 12.0 Å². The van der Waals surface area contributed by atoms with Crippen LogP contribution in [0.5, 0.6) is 0 Å². The number of amides is 1. The van der Waals surface area contributed by atoms with Gasteiger partial charge in [0.15, 0.2) is 11.5 Å². The molecule has 3 saturated heterocycles. The minimum atomic E-state index is -0.103. The number of anilines is 1. The summed E-state index contributed by atoms with van der Waals surface area (Å²) < 4.78 is 7.22. The molecule has 4 aliphatic rings. The summed E-state index contributed by atoms with van der Waals surface area (Å²) in [5, 5.41) is 4.11. The number of imidazole rings is 1. The van der Waals surface area contributed by atoms with Crippen LogP contribution < -0.4 is 10.6 Å². The van der Waals surface area contributed by atoms with Crippen molar-refractivity contribution in [2.75, 3.05) is 24.5 Å². The molecule has 3 fully saturated rings. The number of hydrogen-bond donors (Lipinski definition) is 1. The van der Waals surface area contributed by atoms with E-state index in [0.29, 0.717) is 18.0 Å². The van der Waals surface area contributed by atoms with Gasteiger partial charge in [-0.1, -0.05) is 56.3 Å². The third-order valence-corrected chi connectivity index (χ3v) is 7.74. The Morgan fingerprint density at radius 2 is 1.89 bits per heavy atom. The summed E-state index contributed by atoms with van der Waals surface area (Å²) >= 11 is 0. The maximum atomic E-state index is 13.5. The third kappa shape index (κ3) is 4.21. The van der Waals surface area contributed by atoms with Gasteiger partial charge in [-0.25, -0.2) is 4.79 Å². The summed E-state index contributed by atoms with van der Waals surface area (Å²) in [6.07, 6.45) is 6.26. The van der Waals surface area contributed by atoms with E-state index in [9.17, 15) is 9.59 Å². The number of benzene rings is 1. The number of carbonyl (C=O) groups excluding carboxylic acids is 1. The Labute approximate surface area is 216 Å². The fraction of sp³-hybridized carbons (Fsp3) is 0.464. The van der Waals surface area contributed by atoms with Crippen LogP contribution in [0.4, 0.5) is 5.82 Å². The molecule has 9 nitrogen and oxygen atoms in total. The van der Waals surface area contributed by atoms with Crippen molar-refractivity contribution < 1.29 is 9.32 Å². The molecule has 3 aromatic rings. The van der Waals surface area contributed by atoms with E-state index in [4.69, 9.17) is 4.52 Å². The Morgan fingerprint density at radius 3 is 2.59 bits per heavy atom. The molecule has 2 bridgehead atoms. The average Bonchev–Trinajstić information content (AvgIpc) is 3.49. The third-order valence-electron chi connectivity index (χ3n) is 7.74. The van der Waals surface area contributed by atoms with Gasteiger partial charge >= 0.3 is 5.69 Å². The Morgan fingerprint density at radius 1 is 1.14 bits per heavy atom. The standard InChI is InChI=1S/C28H34N6O3/c1-28(2,3)17-34-24(13-12-21-25(34)31(4)27(36)29-21)32-15-20-11-10-19(32)16-33(20)26(35)22-14-23(37-30-22)18-8-6-5-7-9-18/h5-9,12-14,19-20,24H,10-11,15-17H2,1-4H3,(H,29,36). The molecule has 194 valence electrons. The molecule has 7 rings (SSSR count). The van der Waals surface area contributed by atoms with Crippen molar-refractivity contribution in [3.63, 3.8) is 0 Å². The van der Waals surface area contributed by atoms with Gasteiger partial charge in [-0.05, 0) is 30.4 Å². The number of fused-ring (bicyclic) bond motifs is 4. The minimum absolute atomic E-state index is 0.0231. The average molecular weight is 503 g/mol. The minimum Gasteiger partial charge on any atom is -0.355 e. The Kier molecular flexibility index (Phi) is 5.63. The second-order valence-corrected chi connectivity index (χ2v) is 11.7. The highest BCUT2D eigenvalue weighted by Gasteiger charge is 2.46. The Balaban J connectivity index is 1.24. The van der Waals surface area contributed by atoms with E-state index in [2.05, 4.69) is 46.8 Å². The van der Waals surface area contributed by atoms with Gasteiger partial charge in [-0.2, -0.15) is 0 Å². The zero-order valence-corrected chi connectivity index (χ0v) is 21.8. The molecule has 0 radical (unpaired) electrons. The molecule has 6 heterocycles. The smallest absolute Gasteiger partial charge is 0.327 e. The number of nitrogens with one attached hydrogen (secondary N) is 1. The Bertz CT molecular complexity index is 1400. The molecule has 9 heteroatoms. The summed E-state index contributed by atoms with van der Waals surface area (Å²) in [5.41, 5.74) is 2.05. The van der Waals surface area contributed by atoms with Crippen molar-refractivity contribution in [1.29, 1.82) is 0 Å². The van der Waals surface area contributed by atoms with E-state index in [1.54, 1.807) is 10.6 Å². The van der Waals surface area contributed by atoms with Crippen LogP contribution in [0.2, 0.25) is 0 Å². The summed E-state index contributed by atoms with van der Waals surface area (Å²) in [5.74, 6) is 1.46. The first-order valence-electron chi connectivity index (χ1n) is 13.0. The summed E-state index contributed by atoms with van der Waals surface area (Å²) in [6, 6.07) is 11.8. The fourth-order valence-electron chi connectivity index (χ4n) is 6.07. The van der Waals surface area contributed by atoms with Gasteiger partial charge in [-0.3, -0.25) is 14.3 Å². The van der Waals surface area contributed by atoms with Crippen LogP contribution in [-0.2, 0) is 7.05 Å². The van der Waals surface area contributed by atoms with Gasteiger partial charge in [0.25, 0.3) is 5.91 Å². The SMILES string of the molecule is Cn1c2c([nH]c1=O)C=CC(N1CC3CCC1CN3C(=O)c1cc(-c3ccccc3)on1)N2CC(C)(C)C. The number of carbonyl (C=O) groups is 1. The zero-order valence-electron chi connectivity index (χ0n) is 21.8. The second kappa shape index (κ2) is 8.76. The molecule has 1 N–H and O–H groups in total. The van der Waals surface area contributed by atoms with Crippen LogP contribution in [0.15, 0.2) is 51.8 Å². The summed E-state index contributed by atoms with van der Waals surface area (Å²) in [6.45, 7) is 8.90. The molecule has 0 saturated carbocycles. The van der Waals surface area contributed by atoms with Gasteiger partial charge in [0.2, 0.25) is 0 Å². The van der Waals surface area contributed by atoms with E-state index >= 15 is 0 Å². The molecule has 3 unspecified atom stereocenters. The summed E-state index contributed by atoms with van der Waals surface area (Å²) in [4.78, 5) is 35.8. The van der Waals surface area contributed by atoms with Crippen molar-refractivity contribution in [3.8, 4) is 11.3 Å². The first kappa shape index (κ1) is 23.8. The maximum absolute atomic E-state index is 13.5. The van der Waals surface area contributed by atoms with Crippen LogP contribution in [0, 0.1) is 5.41 Å². The highest BCUT2D eigenvalue weighted by Crippen LogP contribution is 2.37. The normalized spacial score (nSPS) is 23.5. The van der Waals surface area contributed by atoms with Gasteiger partial charge < -0.3 is 19.3 Å². The quantitative estimate of drug-likeness (QED) is 0.587. The largest absolute Gasteiger partial charge is 0.355 e. The van der Waals surface area contributed by atoms with E-state index in [1.807, 2.05) is 48.4 Å². The molecule has 1 aromatic carbocycles. The number of hydrogen-bond acceptors (Lipinski definition) is 6. The molecule has 4 aliphatic heterocycles. The molecule has 2 aromatic heterocycles. The van der Waals surface area contributed by atoms with Crippen LogP contribution in [0.1, 0.15) is 49.8 Å². The van der Waals surface area contributed by atoms with Crippen molar-refractivity contribution in [2.24, 2.45) is 12.5 Å². The van der Waals surface area contributed by atoms with Crippen LogP contribution in [0.25, 0.3) is 17.4 Å². The molecular weight excluding hydrogens is 468 g/mol. The predicted octanol–water partition coefficient (Wildman–Crippen LogP) is 3.56. The van der Waals surface area contributed by atoms with Gasteiger partial charge in [0.05, 0.1) is 5.69 Å². The predicted molar refractivity (Wildman–Crippen MR) is 142 cm³/mol. The van der Waals surface area contributed by atoms with Gasteiger partial charge in [-0.15, -0.1) is 0 Å². The highest BCUT2D eigenvalue weighted by atomic mass is 16.5. The lowest BCUT2D eigenvalue weighted by Crippen LogP contribution is -2.68. The van der Waals surface area contributed by atoms with E-state index in [0.717, 1.165) is 43.0 Å². The number of H-pyrrole nitrogens is 1. The second-order valence-electron chi connectivity index (χ2n) is 11.7. The highest BCUT2D eigenvalue weighted by molar-refractivity contribution is 5.93. The Hall–Kier alpha value is -3.59. The molecule has 3 atom stereocenters. The maximum Gasteiger partial charge on any atom is 0.327 e. The van der Waals surface area contributed by atoms with Crippen molar-refractivity contribution in [1.82, 2.24) is 24.5 Å². The lowest BCUT2D eigenvalue weighted by Gasteiger charge is -2.55. The molecule has 0 aliphatic carbocycles. The first-order valence-corrected chi connectivity index (χ1v) is 13.0. The number of rotatable bonds is 4. The number of piperidine rings is 2. The van der Waals surface area contributed by atoms with Gasteiger partial charge in [0, 0.05) is 50.4 Å². The molecule has 1 amide bonds. The number of aromatic amines is 1. The van der Waals surface area contributed by atoms with Crippen molar-refractivity contribution >= 4 is 17.8 Å². The van der Waals surface area contributed by atoms with E-state index in [1.165, 1.54) is 0 Å². The van der Waals surface area contributed by atoms with E-state index in [-0.39, 0.29) is 35.3 Å².